The number of nitrogens with zero attached hydrogens (tertiary/aromatic N) is 3. The van der Waals surface area contributed by atoms with Gasteiger partial charge in [-0.2, -0.15) is 0 Å². The SMILES string of the molecule is O=C(O)c1ccc(C#Cc2ccccc2N(N2CCC[C@H]3CCCC[C@H]32)S(=O)[O-])cn1. The monoisotopic (exact) mass is 438 g/mol. The zero-order valence-electron chi connectivity index (χ0n) is 17.1. The molecule has 2 aliphatic rings. The first-order valence-corrected chi connectivity index (χ1v) is 11.5. The molecule has 1 saturated heterocycles. The van der Waals surface area contributed by atoms with E-state index >= 15 is 0 Å². The van der Waals surface area contributed by atoms with Gasteiger partial charge >= 0.3 is 5.97 Å². The summed E-state index contributed by atoms with van der Waals surface area (Å²) in [6, 6.07) is 10.4. The number of aromatic carboxylic acids is 1. The fourth-order valence-electron chi connectivity index (χ4n) is 4.61. The molecule has 2 aromatic rings. The van der Waals surface area contributed by atoms with E-state index in [4.69, 9.17) is 5.11 Å². The molecule has 0 amide bonds. The Morgan fingerprint density at radius 2 is 1.90 bits per heavy atom. The Labute approximate surface area is 184 Å². The van der Waals surface area contributed by atoms with E-state index in [2.05, 4.69) is 16.8 Å². The van der Waals surface area contributed by atoms with Gasteiger partial charge in [-0.1, -0.05) is 36.8 Å². The standard InChI is InChI=1S/C23H25N3O4S/c27-23(28)20-14-12-17(16-24-20)11-13-19-7-2-4-10-22(19)26(31(29)30)25-15-5-8-18-6-1-3-9-21(18)25/h2,4,7,10,12,14,16,18,21H,1,3,5-6,8-9,15H2,(H,27,28)(H,29,30)/p-1/t18-,21-/m1/s1. The highest BCUT2D eigenvalue weighted by Crippen LogP contribution is 2.38. The fraction of sp³-hybridized carbons (Fsp3) is 0.391. The molecule has 4 rings (SSSR count). The Morgan fingerprint density at radius 3 is 2.65 bits per heavy atom. The van der Waals surface area contributed by atoms with Gasteiger partial charge in [0, 0.05) is 24.3 Å². The normalized spacial score (nSPS) is 22.0. The zero-order chi connectivity index (χ0) is 21.8. The minimum Gasteiger partial charge on any atom is -0.754 e. The van der Waals surface area contributed by atoms with E-state index in [9.17, 15) is 13.6 Å². The third-order valence-electron chi connectivity index (χ3n) is 6.02. The molecular weight excluding hydrogens is 414 g/mol. The van der Waals surface area contributed by atoms with E-state index in [0.717, 1.165) is 32.1 Å². The number of fused-ring (bicyclic) bond motifs is 1. The number of aromatic nitrogens is 1. The van der Waals surface area contributed by atoms with E-state index in [1.165, 1.54) is 23.1 Å². The Morgan fingerprint density at radius 1 is 1.13 bits per heavy atom. The van der Waals surface area contributed by atoms with Crippen LogP contribution in [0.15, 0.2) is 42.6 Å². The van der Waals surface area contributed by atoms with Gasteiger partial charge in [-0.05, 0) is 55.9 Å². The Balaban J connectivity index is 1.66. The smallest absolute Gasteiger partial charge is 0.354 e. The molecule has 1 saturated carbocycles. The second kappa shape index (κ2) is 9.60. The molecule has 2 fully saturated rings. The van der Waals surface area contributed by atoms with E-state index < -0.39 is 17.2 Å². The number of benzene rings is 1. The van der Waals surface area contributed by atoms with Crippen molar-refractivity contribution in [2.45, 2.75) is 44.6 Å². The van der Waals surface area contributed by atoms with Gasteiger partial charge in [0.1, 0.15) is 5.69 Å². The summed E-state index contributed by atoms with van der Waals surface area (Å²) in [5.41, 5.74) is 1.63. The van der Waals surface area contributed by atoms with Crippen LogP contribution < -0.4 is 4.41 Å². The number of anilines is 1. The van der Waals surface area contributed by atoms with Crippen molar-refractivity contribution >= 4 is 22.9 Å². The van der Waals surface area contributed by atoms with E-state index in [0.29, 0.717) is 29.3 Å². The fourth-order valence-corrected chi connectivity index (χ4v) is 5.30. The molecular formula is C23H24N3O4S-. The minimum absolute atomic E-state index is 0.0500. The van der Waals surface area contributed by atoms with Gasteiger partial charge in [0.05, 0.1) is 22.5 Å². The van der Waals surface area contributed by atoms with Gasteiger partial charge in [-0.3, -0.25) is 4.21 Å². The lowest BCUT2D eigenvalue weighted by atomic mass is 9.79. The highest BCUT2D eigenvalue weighted by atomic mass is 32.2. The maximum absolute atomic E-state index is 12.4. The van der Waals surface area contributed by atoms with Crippen LogP contribution in [0.1, 0.15) is 60.1 Å². The number of hydrazine groups is 1. The lowest BCUT2D eigenvalue weighted by molar-refractivity contribution is 0.0659. The van der Waals surface area contributed by atoms with Crippen molar-refractivity contribution in [3.63, 3.8) is 0 Å². The quantitative estimate of drug-likeness (QED) is 0.581. The van der Waals surface area contributed by atoms with Crippen LogP contribution in [0.3, 0.4) is 0 Å². The van der Waals surface area contributed by atoms with Gasteiger partial charge in [-0.25, -0.2) is 19.2 Å². The maximum atomic E-state index is 12.4. The first-order valence-electron chi connectivity index (χ1n) is 10.5. The Hall–Kier alpha value is -2.73. The van der Waals surface area contributed by atoms with Crippen molar-refractivity contribution in [2.75, 3.05) is 11.0 Å². The number of para-hydroxylation sites is 1. The molecule has 1 aliphatic carbocycles. The number of carboxylic acid groups (broad SMARTS) is 1. The van der Waals surface area contributed by atoms with Crippen LogP contribution in [-0.2, 0) is 11.3 Å². The van der Waals surface area contributed by atoms with Crippen molar-refractivity contribution in [1.29, 1.82) is 0 Å². The van der Waals surface area contributed by atoms with Gasteiger partial charge in [0.25, 0.3) is 0 Å². The summed E-state index contributed by atoms with van der Waals surface area (Å²) in [6.45, 7) is 0.706. The third kappa shape index (κ3) is 4.79. The number of hydrogen-bond acceptors (Lipinski definition) is 5. The minimum atomic E-state index is -2.47. The van der Waals surface area contributed by atoms with Crippen LogP contribution in [0.25, 0.3) is 0 Å². The topological polar surface area (TPSA) is 96.8 Å². The second-order valence-corrected chi connectivity index (χ2v) is 8.69. The molecule has 0 radical (unpaired) electrons. The van der Waals surface area contributed by atoms with Crippen LogP contribution in [0, 0.1) is 17.8 Å². The van der Waals surface area contributed by atoms with Crippen molar-refractivity contribution < 1.29 is 18.7 Å². The predicted octanol–water partition coefficient (Wildman–Crippen LogP) is 3.35. The summed E-state index contributed by atoms with van der Waals surface area (Å²) >= 11 is -2.47. The number of rotatable bonds is 4. The van der Waals surface area contributed by atoms with E-state index in [1.54, 1.807) is 18.2 Å². The number of pyridine rings is 1. The highest BCUT2D eigenvalue weighted by Gasteiger charge is 2.37. The van der Waals surface area contributed by atoms with Crippen LogP contribution in [0.4, 0.5) is 5.69 Å². The predicted molar refractivity (Wildman–Crippen MR) is 117 cm³/mol. The molecule has 3 atom stereocenters. The van der Waals surface area contributed by atoms with Crippen LogP contribution in [0.5, 0.6) is 0 Å². The molecule has 1 unspecified atom stereocenters. The summed E-state index contributed by atoms with van der Waals surface area (Å²) in [7, 11) is 0. The lowest BCUT2D eigenvalue weighted by Gasteiger charge is -2.49. The van der Waals surface area contributed by atoms with Crippen molar-refractivity contribution in [3.05, 3.63) is 59.4 Å². The number of hydrogen-bond donors (Lipinski definition) is 1. The first-order chi connectivity index (χ1) is 15.0. The lowest BCUT2D eigenvalue weighted by Crippen LogP contribution is -2.56. The Bertz CT molecular complexity index is 1030. The molecule has 7 nitrogen and oxygen atoms in total. The summed E-state index contributed by atoms with van der Waals surface area (Å²) in [5, 5.41) is 11.0. The van der Waals surface area contributed by atoms with Gasteiger partial charge in [-0.15, -0.1) is 0 Å². The largest absolute Gasteiger partial charge is 0.754 e. The van der Waals surface area contributed by atoms with Crippen LogP contribution in [0.2, 0.25) is 0 Å². The summed E-state index contributed by atoms with van der Waals surface area (Å²) < 4.78 is 26.1. The van der Waals surface area contributed by atoms with E-state index in [1.807, 2.05) is 17.1 Å². The number of carbonyl (C=O) groups is 1. The van der Waals surface area contributed by atoms with Gasteiger partial charge in [0.15, 0.2) is 0 Å². The molecule has 1 aromatic heterocycles. The summed E-state index contributed by atoms with van der Waals surface area (Å²) in [6.07, 6.45) is 8.03. The summed E-state index contributed by atoms with van der Waals surface area (Å²) in [4.78, 5) is 14.8. The first kappa shape index (κ1) is 21.5. The summed E-state index contributed by atoms with van der Waals surface area (Å²) in [5.74, 6) is 5.45. The molecule has 1 aliphatic heterocycles. The third-order valence-corrected chi connectivity index (χ3v) is 6.71. The molecule has 1 aromatic carbocycles. The van der Waals surface area contributed by atoms with Crippen LogP contribution >= 0.6 is 0 Å². The average molecular weight is 439 g/mol. The van der Waals surface area contributed by atoms with Gasteiger partial charge in [0.2, 0.25) is 0 Å². The molecule has 31 heavy (non-hydrogen) atoms. The van der Waals surface area contributed by atoms with Gasteiger partial charge < -0.3 is 9.66 Å². The highest BCUT2D eigenvalue weighted by molar-refractivity contribution is 7.80. The zero-order valence-corrected chi connectivity index (χ0v) is 17.9. The number of carboxylic acids is 1. The average Bonchev–Trinajstić information content (AvgIpc) is 2.79. The maximum Gasteiger partial charge on any atom is 0.354 e. The second-order valence-electron chi connectivity index (χ2n) is 7.91. The Kier molecular flexibility index (Phi) is 6.66. The number of piperidine rings is 1. The molecule has 8 heteroatoms. The molecule has 1 N–H and O–H groups in total. The molecule has 2 heterocycles. The molecule has 162 valence electrons. The molecule has 0 spiro atoms. The van der Waals surface area contributed by atoms with Crippen molar-refractivity contribution in [2.24, 2.45) is 5.92 Å². The van der Waals surface area contributed by atoms with E-state index in [-0.39, 0.29) is 11.7 Å². The van der Waals surface area contributed by atoms with Crippen molar-refractivity contribution in [1.82, 2.24) is 9.99 Å². The van der Waals surface area contributed by atoms with Crippen molar-refractivity contribution in [3.8, 4) is 11.8 Å². The molecule has 0 bridgehead atoms. The van der Waals surface area contributed by atoms with Crippen LogP contribution in [-0.4, -0.2) is 42.4 Å².